The van der Waals surface area contributed by atoms with Gasteiger partial charge >= 0.3 is 6.09 Å². The van der Waals surface area contributed by atoms with Crippen LogP contribution in [-0.2, 0) is 17.7 Å². The number of halogens is 1. The van der Waals surface area contributed by atoms with Crippen LogP contribution in [0, 0.1) is 0 Å². The van der Waals surface area contributed by atoms with Crippen molar-refractivity contribution in [3.63, 3.8) is 0 Å². The number of aromatic nitrogens is 1. The normalized spacial score (nSPS) is 15.2. The molecular weight excluding hydrogens is 296 g/mol. The van der Waals surface area contributed by atoms with Crippen LogP contribution < -0.4 is 0 Å². The molecule has 1 aromatic heterocycles. The molecule has 0 fully saturated rings. The van der Waals surface area contributed by atoms with Gasteiger partial charge < -0.3 is 9.64 Å². The molecule has 1 amide bonds. The first-order chi connectivity index (χ1) is 8.35. The molecule has 0 aliphatic carbocycles. The molecular formula is C13H17BrN2O2. The molecule has 2 rings (SSSR count). The summed E-state index contributed by atoms with van der Waals surface area (Å²) in [6.45, 7) is 6.91. The van der Waals surface area contributed by atoms with Crippen LogP contribution in [0.4, 0.5) is 4.79 Å². The molecule has 98 valence electrons. The smallest absolute Gasteiger partial charge is 0.410 e. The average Bonchev–Trinajstić information content (AvgIpc) is 2.25. The fraction of sp³-hybridized carbons (Fsp3) is 0.538. The van der Waals surface area contributed by atoms with Gasteiger partial charge in [0.05, 0.1) is 0 Å². The summed E-state index contributed by atoms with van der Waals surface area (Å²) in [5.74, 6) is 0. The first-order valence-corrected chi connectivity index (χ1v) is 6.76. The Kier molecular flexibility index (Phi) is 3.61. The van der Waals surface area contributed by atoms with Crippen LogP contribution in [0.1, 0.15) is 31.9 Å². The second-order valence-corrected chi connectivity index (χ2v) is 6.24. The Morgan fingerprint density at radius 3 is 2.83 bits per heavy atom. The molecule has 1 aromatic rings. The maximum absolute atomic E-state index is 12.0. The van der Waals surface area contributed by atoms with Crippen molar-refractivity contribution in [2.24, 2.45) is 0 Å². The van der Waals surface area contributed by atoms with Crippen molar-refractivity contribution >= 4 is 22.0 Å². The van der Waals surface area contributed by atoms with E-state index in [-0.39, 0.29) is 6.09 Å². The van der Waals surface area contributed by atoms with E-state index in [2.05, 4.69) is 20.9 Å². The van der Waals surface area contributed by atoms with E-state index in [4.69, 9.17) is 4.74 Å². The summed E-state index contributed by atoms with van der Waals surface area (Å²) in [6, 6.07) is 1.96. The third-order valence-electron chi connectivity index (χ3n) is 2.71. The van der Waals surface area contributed by atoms with E-state index in [1.54, 1.807) is 4.90 Å². The zero-order valence-corrected chi connectivity index (χ0v) is 12.5. The lowest BCUT2D eigenvalue weighted by atomic mass is 10.0. The molecule has 0 saturated heterocycles. The molecule has 5 heteroatoms. The van der Waals surface area contributed by atoms with E-state index < -0.39 is 5.60 Å². The third-order valence-corrected chi connectivity index (χ3v) is 3.15. The van der Waals surface area contributed by atoms with Gasteiger partial charge in [-0.2, -0.15) is 0 Å². The van der Waals surface area contributed by atoms with Crippen LogP contribution in [0.2, 0.25) is 0 Å². The van der Waals surface area contributed by atoms with E-state index in [0.29, 0.717) is 13.1 Å². The van der Waals surface area contributed by atoms with Crippen LogP contribution in [-0.4, -0.2) is 28.1 Å². The molecule has 0 spiro atoms. The van der Waals surface area contributed by atoms with Crippen molar-refractivity contribution in [3.05, 3.63) is 28.0 Å². The van der Waals surface area contributed by atoms with E-state index in [9.17, 15) is 4.79 Å². The molecule has 0 atom stereocenters. The first-order valence-electron chi connectivity index (χ1n) is 5.96. The monoisotopic (exact) mass is 312 g/mol. The van der Waals surface area contributed by atoms with Crippen molar-refractivity contribution in [1.82, 2.24) is 9.88 Å². The molecule has 0 unspecified atom stereocenters. The molecule has 2 heterocycles. The highest BCUT2D eigenvalue weighted by Crippen LogP contribution is 2.22. The fourth-order valence-corrected chi connectivity index (χ4v) is 2.27. The summed E-state index contributed by atoms with van der Waals surface area (Å²) in [7, 11) is 0. The largest absolute Gasteiger partial charge is 0.444 e. The van der Waals surface area contributed by atoms with Crippen molar-refractivity contribution in [1.29, 1.82) is 0 Å². The number of hydrogen-bond donors (Lipinski definition) is 0. The standard InChI is InChI=1S/C13H17BrN2O2/c1-13(2,3)18-12(17)16-5-4-9-7-15-11(14)6-10(9)8-16/h6-7H,4-5,8H2,1-3H3. The SMILES string of the molecule is CC(C)(C)OC(=O)N1CCc2cnc(Br)cc2C1. The summed E-state index contributed by atoms with van der Waals surface area (Å²) < 4.78 is 6.18. The van der Waals surface area contributed by atoms with Gasteiger partial charge in [-0.05, 0) is 60.3 Å². The average molecular weight is 313 g/mol. The maximum atomic E-state index is 12.0. The number of pyridine rings is 1. The minimum atomic E-state index is -0.448. The van der Waals surface area contributed by atoms with Gasteiger partial charge in [0, 0.05) is 19.3 Å². The Labute approximate surface area is 115 Å². The second-order valence-electron chi connectivity index (χ2n) is 5.43. The predicted octanol–water partition coefficient (Wildman–Crippen LogP) is 3.14. The summed E-state index contributed by atoms with van der Waals surface area (Å²) in [4.78, 5) is 17.9. The topological polar surface area (TPSA) is 42.4 Å². The lowest BCUT2D eigenvalue weighted by molar-refractivity contribution is 0.0224. The van der Waals surface area contributed by atoms with Crippen LogP contribution in [0.25, 0.3) is 0 Å². The lowest BCUT2D eigenvalue weighted by Gasteiger charge is -2.31. The van der Waals surface area contributed by atoms with E-state index in [1.807, 2.05) is 33.0 Å². The minimum Gasteiger partial charge on any atom is -0.444 e. The highest BCUT2D eigenvalue weighted by atomic mass is 79.9. The molecule has 1 aliphatic rings. The minimum absolute atomic E-state index is 0.249. The van der Waals surface area contributed by atoms with Gasteiger partial charge in [-0.25, -0.2) is 9.78 Å². The number of ether oxygens (including phenoxy) is 1. The van der Waals surface area contributed by atoms with Gasteiger partial charge in [0.2, 0.25) is 0 Å². The molecule has 0 saturated carbocycles. The van der Waals surface area contributed by atoms with Gasteiger partial charge in [-0.3, -0.25) is 0 Å². The van der Waals surface area contributed by atoms with E-state index in [1.165, 1.54) is 5.56 Å². The predicted molar refractivity (Wildman–Crippen MR) is 72.3 cm³/mol. The van der Waals surface area contributed by atoms with Crippen molar-refractivity contribution in [2.45, 2.75) is 39.3 Å². The summed E-state index contributed by atoms with van der Waals surface area (Å²) in [5.41, 5.74) is 1.89. The Balaban J connectivity index is 2.09. The molecule has 4 nitrogen and oxygen atoms in total. The Hall–Kier alpha value is -1.10. The Morgan fingerprint density at radius 2 is 2.17 bits per heavy atom. The quantitative estimate of drug-likeness (QED) is 0.691. The van der Waals surface area contributed by atoms with Crippen molar-refractivity contribution < 1.29 is 9.53 Å². The summed E-state index contributed by atoms with van der Waals surface area (Å²) in [6.07, 6.45) is 2.45. The van der Waals surface area contributed by atoms with Crippen molar-refractivity contribution in [2.75, 3.05) is 6.54 Å². The van der Waals surface area contributed by atoms with Crippen LogP contribution in [0.15, 0.2) is 16.9 Å². The molecule has 0 N–H and O–H groups in total. The Bertz CT molecular complexity index is 469. The second kappa shape index (κ2) is 4.88. The number of rotatable bonds is 0. The van der Waals surface area contributed by atoms with Crippen LogP contribution in [0.3, 0.4) is 0 Å². The lowest BCUT2D eigenvalue weighted by Crippen LogP contribution is -2.39. The number of amides is 1. The van der Waals surface area contributed by atoms with E-state index in [0.717, 1.165) is 16.6 Å². The molecule has 1 aliphatic heterocycles. The Morgan fingerprint density at radius 1 is 1.44 bits per heavy atom. The maximum Gasteiger partial charge on any atom is 0.410 e. The number of fused-ring (bicyclic) bond motifs is 1. The summed E-state index contributed by atoms with van der Waals surface area (Å²) >= 11 is 3.35. The highest BCUT2D eigenvalue weighted by Gasteiger charge is 2.25. The van der Waals surface area contributed by atoms with Crippen LogP contribution in [0.5, 0.6) is 0 Å². The number of hydrogen-bond acceptors (Lipinski definition) is 3. The fourth-order valence-electron chi connectivity index (χ4n) is 1.89. The molecule has 18 heavy (non-hydrogen) atoms. The summed E-state index contributed by atoms with van der Waals surface area (Å²) in [5, 5.41) is 0. The van der Waals surface area contributed by atoms with Gasteiger partial charge in [0.25, 0.3) is 0 Å². The van der Waals surface area contributed by atoms with Gasteiger partial charge in [-0.1, -0.05) is 0 Å². The van der Waals surface area contributed by atoms with Gasteiger partial charge in [0.15, 0.2) is 0 Å². The van der Waals surface area contributed by atoms with Gasteiger partial charge in [-0.15, -0.1) is 0 Å². The van der Waals surface area contributed by atoms with Crippen LogP contribution >= 0.6 is 15.9 Å². The van der Waals surface area contributed by atoms with Gasteiger partial charge in [0.1, 0.15) is 10.2 Å². The molecule has 0 bridgehead atoms. The third kappa shape index (κ3) is 3.22. The first kappa shape index (κ1) is 13.3. The highest BCUT2D eigenvalue weighted by molar-refractivity contribution is 9.10. The zero-order chi connectivity index (χ0) is 13.3. The number of carbonyl (C=O) groups excluding carboxylic acids is 1. The van der Waals surface area contributed by atoms with Crippen molar-refractivity contribution in [3.8, 4) is 0 Å². The number of nitrogens with zero attached hydrogens (tertiary/aromatic N) is 2. The van der Waals surface area contributed by atoms with E-state index >= 15 is 0 Å². The number of carbonyl (C=O) groups is 1. The zero-order valence-electron chi connectivity index (χ0n) is 10.9. The molecule has 0 aromatic carbocycles. The molecule has 0 radical (unpaired) electrons.